The zero-order chi connectivity index (χ0) is 19.1. The molecule has 0 aliphatic rings. The van der Waals surface area contributed by atoms with E-state index in [-0.39, 0.29) is 0 Å². The van der Waals surface area contributed by atoms with Crippen LogP contribution in [-0.4, -0.2) is 30.6 Å². The fourth-order valence-electron chi connectivity index (χ4n) is 2.71. The van der Waals surface area contributed by atoms with Gasteiger partial charge in [0.05, 0.1) is 5.69 Å². The van der Waals surface area contributed by atoms with E-state index in [1.807, 2.05) is 38.4 Å². The third-order valence-corrected chi connectivity index (χ3v) is 4.27. The van der Waals surface area contributed by atoms with E-state index in [9.17, 15) is 0 Å². The highest BCUT2D eigenvalue weighted by Crippen LogP contribution is 2.24. The average molecular weight is 361 g/mol. The molecule has 0 unspecified atom stereocenters. The third kappa shape index (κ3) is 5.20. The summed E-state index contributed by atoms with van der Waals surface area (Å²) < 4.78 is 0. The van der Waals surface area contributed by atoms with Gasteiger partial charge in [-0.05, 0) is 30.7 Å². The monoisotopic (exact) mass is 361 g/mol. The topological polar surface area (TPSA) is 53.1 Å². The summed E-state index contributed by atoms with van der Waals surface area (Å²) in [7, 11) is 4.07. The Morgan fingerprint density at radius 2 is 1.67 bits per heavy atom. The number of aromatic nitrogens is 2. The number of nitrogens with one attached hydrogen (secondary N) is 2. The minimum atomic E-state index is 0.650. The van der Waals surface area contributed by atoms with Crippen molar-refractivity contribution in [1.29, 1.82) is 0 Å². The molecule has 2 aromatic carbocycles. The number of benzene rings is 2. The third-order valence-electron chi connectivity index (χ3n) is 4.27. The maximum atomic E-state index is 4.69. The van der Waals surface area contributed by atoms with Crippen molar-refractivity contribution in [3.8, 4) is 11.3 Å². The molecule has 5 nitrogen and oxygen atoms in total. The summed E-state index contributed by atoms with van der Waals surface area (Å²) in [5.74, 6) is 1.43. The largest absolute Gasteiger partial charge is 0.378 e. The minimum absolute atomic E-state index is 0.650. The maximum Gasteiger partial charge on any atom is 0.225 e. The Bertz CT molecular complexity index is 844. The molecule has 0 bridgehead atoms. The molecule has 140 valence electrons. The normalized spacial score (nSPS) is 10.5. The Hall–Kier alpha value is -3.08. The summed E-state index contributed by atoms with van der Waals surface area (Å²) >= 11 is 0. The van der Waals surface area contributed by atoms with Gasteiger partial charge in [0, 0.05) is 43.6 Å². The van der Waals surface area contributed by atoms with E-state index in [4.69, 9.17) is 0 Å². The molecule has 0 radical (unpaired) electrons. The van der Waals surface area contributed by atoms with Gasteiger partial charge in [-0.1, -0.05) is 43.7 Å². The van der Waals surface area contributed by atoms with Crippen LogP contribution in [0.5, 0.6) is 0 Å². The lowest BCUT2D eigenvalue weighted by Gasteiger charge is -2.14. The van der Waals surface area contributed by atoms with E-state index in [1.165, 1.54) is 0 Å². The molecule has 0 saturated carbocycles. The summed E-state index contributed by atoms with van der Waals surface area (Å²) in [5.41, 5.74) is 4.13. The molecule has 5 heteroatoms. The smallest absolute Gasteiger partial charge is 0.225 e. The van der Waals surface area contributed by atoms with Crippen LogP contribution in [0.15, 0.2) is 60.7 Å². The molecule has 0 spiro atoms. The van der Waals surface area contributed by atoms with Crippen molar-refractivity contribution in [3.63, 3.8) is 0 Å². The van der Waals surface area contributed by atoms with Gasteiger partial charge in [0.25, 0.3) is 0 Å². The Kier molecular flexibility index (Phi) is 6.26. The van der Waals surface area contributed by atoms with Gasteiger partial charge in [-0.15, -0.1) is 0 Å². The lowest BCUT2D eigenvalue weighted by Crippen LogP contribution is -2.08. The molecule has 0 amide bonds. The van der Waals surface area contributed by atoms with Crippen LogP contribution in [0, 0.1) is 0 Å². The molecule has 0 saturated heterocycles. The fraction of sp³-hybridized carbons (Fsp3) is 0.273. The number of hydrogen-bond donors (Lipinski definition) is 2. The highest BCUT2D eigenvalue weighted by atomic mass is 15.1. The van der Waals surface area contributed by atoms with Crippen LogP contribution in [0.2, 0.25) is 0 Å². The summed E-state index contributed by atoms with van der Waals surface area (Å²) in [4.78, 5) is 11.4. The van der Waals surface area contributed by atoms with Gasteiger partial charge < -0.3 is 15.5 Å². The molecule has 0 fully saturated rings. The average Bonchev–Trinajstić information content (AvgIpc) is 2.69. The number of hydrogen-bond acceptors (Lipinski definition) is 5. The van der Waals surface area contributed by atoms with Crippen LogP contribution in [0.1, 0.15) is 19.8 Å². The molecule has 3 aromatic rings. The summed E-state index contributed by atoms with van der Waals surface area (Å²) in [6.07, 6.45) is 2.22. The first-order chi connectivity index (χ1) is 13.2. The molecule has 0 aliphatic carbocycles. The second-order valence-corrected chi connectivity index (χ2v) is 6.67. The van der Waals surface area contributed by atoms with Crippen molar-refractivity contribution < 1.29 is 0 Å². The molecule has 1 heterocycles. The van der Waals surface area contributed by atoms with E-state index < -0.39 is 0 Å². The zero-order valence-electron chi connectivity index (χ0n) is 16.2. The van der Waals surface area contributed by atoms with Gasteiger partial charge >= 0.3 is 0 Å². The van der Waals surface area contributed by atoms with E-state index in [1.54, 1.807) is 0 Å². The zero-order valence-corrected chi connectivity index (χ0v) is 16.2. The SMILES string of the molecule is CCCCNc1nc(Nc2ccc(N(C)C)cc2)cc(-c2ccccc2)n1. The predicted molar refractivity (Wildman–Crippen MR) is 115 cm³/mol. The second kappa shape index (κ2) is 9.03. The molecular formula is C22H27N5. The number of anilines is 4. The van der Waals surface area contributed by atoms with Gasteiger partial charge in [0.15, 0.2) is 0 Å². The van der Waals surface area contributed by atoms with Crippen molar-refractivity contribution in [3.05, 3.63) is 60.7 Å². The van der Waals surface area contributed by atoms with Gasteiger partial charge in [-0.3, -0.25) is 0 Å². The van der Waals surface area contributed by atoms with Crippen molar-refractivity contribution in [2.75, 3.05) is 36.2 Å². The van der Waals surface area contributed by atoms with Crippen molar-refractivity contribution in [2.24, 2.45) is 0 Å². The predicted octanol–water partition coefficient (Wildman–Crippen LogP) is 5.17. The number of nitrogens with zero attached hydrogens (tertiary/aromatic N) is 3. The second-order valence-electron chi connectivity index (χ2n) is 6.67. The maximum absolute atomic E-state index is 4.69. The highest BCUT2D eigenvalue weighted by molar-refractivity contribution is 5.68. The Morgan fingerprint density at radius 3 is 2.33 bits per heavy atom. The van der Waals surface area contributed by atoms with Crippen LogP contribution >= 0.6 is 0 Å². The van der Waals surface area contributed by atoms with Gasteiger partial charge in [-0.2, -0.15) is 4.98 Å². The van der Waals surface area contributed by atoms with E-state index in [0.29, 0.717) is 5.95 Å². The first-order valence-electron chi connectivity index (χ1n) is 9.38. The van der Waals surface area contributed by atoms with E-state index in [0.717, 1.165) is 47.8 Å². The van der Waals surface area contributed by atoms with Crippen LogP contribution < -0.4 is 15.5 Å². The lowest BCUT2D eigenvalue weighted by molar-refractivity contribution is 0.827. The van der Waals surface area contributed by atoms with Gasteiger partial charge in [0.2, 0.25) is 5.95 Å². The van der Waals surface area contributed by atoms with Gasteiger partial charge in [0.1, 0.15) is 5.82 Å². The molecule has 3 rings (SSSR count). The summed E-state index contributed by atoms with van der Waals surface area (Å²) in [6, 6.07) is 20.5. The number of unbranched alkanes of at least 4 members (excludes halogenated alkanes) is 1. The Labute approximate surface area is 161 Å². The molecule has 1 aromatic heterocycles. The molecule has 2 N–H and O–H groups in total. The minimum Gasteiger partial charge on any atom is -0.378 e. The first-order valence-corrected chi connectivity index (χ1v) is 9.38. The quantitative estimate of drug-likeness (QED) is 0.542. The van der Waals surface area contributed by atoms with Crippen LogP contribution in [0.4, 0.5) is 23.1 Å². The van der Waals surface area contributed by atoms with E-state index >= 15 is 0 Å². The Balaban J connectivity index is 1.87. The highest BCUT2D eigenvalue weighted by Gasteiger charge is 2.07. The van der Waals surface area contributed by atoms with Crippen molar-refractivity contribution in [1.82, 2.24) is 9.97 Å². The van der Waals surface area contributed by atoms with Crippen LogP contribution in [0.3, 0.4) is 0 Å². The van der Waals surface area contributed by atoms with Gasteiger partial charge in [-0.25, -0.2) is 4.98 Å². The van der Waals surface area contributed by atoms with Crippen LogP contribution in [0.25, 0.3) is 11.3 Å². The van der Waals surface area contributed by atoms with Crippen molar-refractivity contribution in [2.45, 2.75) is 19.8 Å². The first kappa shape index (κ1) is 18.7. The summed E-state index contributed by atoms with van der Waals surface area (Å²) in [5, 5.41) is 6.74. The number of rotatable bonds is 8. The standard InChI is InChI=1S/C22H27N5/c1-4-5-15-23-22-25-20(17-9-7-6-8-10-17)16-21(26-22)24-18-11-13-19(14-12-18)27(2)3/h6-14,16H,4-5,15H2,1-3H3,(H2,23,24,25,26). The summed E-state index contributed by atoms with van der Waals surface area (Å²) in [6.45, 7) is 3.04. The molecular weight excluding hydrogens is 334 g/mol. The molecule has 0 atom stereocenters. The lowest BCUT2D eigenvalue weighted by atomic mass is 10.1. The van der Waals surface area contributed by atoms with E-state index in [2.05, 4.69) is 68.8 Å². The molecule has 27 heavy (non-hydrogen) atoms. The Morgan fingerprint density at radius 1 is 0.926 bits per heavy atom. The van der Waals surface area contributed by atoms with Crippen molar-refractivity contribution >= 4 is 23.1 Å². The van der Waals surface area contributed by atoms with Crippen LogP contribution in [-0.2, 0) is 0 Å². The fourth-order valence-corrected chi connectivity index (χ4v) is 2.71. The molecule has 0 aliphatic heterocycles.